The van der Waals surface area contributed by atoms with Gasteiger partial charge in [-0.2, -0.15) is 0 Å². The van der Waals surface area contributed by atoms with Crippen LogP contribution in [-0.4, -0.2) is 31.4 Å². The second-order valence-corrected chi connectivity index (χ2v) is 8.07. The Morgan fingerprint density at radius 1 is 1.16 bits per heavy atom. The first-order chi connectivity index (χ1) is 11.9. The molecule has 0 fully saturated rings. The number of aliphatic hydroxyl groups is 1. The lowest BCUT2D eigenvalue weighted by Crippen LogP contribution is -2.09. The highest BCUT2D eigenvalue weighted by atomic mass is 32.2. The van der Waals surface area contributed by atoms with Crippen LogP contribution in [0.3, 0.4) is 0 Å². The lowest BCUT2D eigenvalue weighted by atomic mass is 9.88. The Bertz CT molecular complexity index is 976. The number of aromatic nitrogens is 1. The number of anilines is 1. The molecule has 1 aromatic heterocycles. The molecule has 0 spiro atoms. The maximum atomic E-state index is 11.6. The Morgan fingerprint density at radius 3 is 2.52 bits per heavy atom. The number of hydrogen-bond acceptors (Lipinski definition) is 3. The van der Waals surface area contributed by atoms with Crippen LogP contribution < -0.4 is 4.72 Å². The first-order valence-corrected chi connectivity index (χ1v) is 10.0. The summed E-state index contributed by atoms with van der Waals surface area (Å²) in [4.78, 5) is 3.19. The fraction of sp³-hybridized carbons (Fsp3) is 0.263. The van der Waals surface area contributed by atoms with Crippen LogP contribution >= 0.6 is 0 Å². The summed E-state index contributed by atoms with van der Waals surface area (Å²) in [6.45, 7) is 2.12. The monoisotopic (exact) mass is 358 g/mol. The molecule has 2 aromatic carbocycles. The van der Waals surface area contributed by atoms with Crippen LogP contribution in [0.15, 0.2) is 48.7 Å². The molecule has 132 valence electrons. The lowest BCUT2D eigenvalue weighted by molar-refractivity contribution is 0.282. The van der Waals surface area contributed by atoms with E-state index in [0.29, 0.717) is 12.1 Å². The van der Waals surface area contributed by atoms with Crippen molar-refractivity contribution in [3.63, 3.8) is 0 Å². The van der Waals surface area contributed by atoms with Gasteiger partial charge in [-0.25, -0.2) is 8.42 Å². The van der Waals surface area contributed by atoms with Crippen LogP contribution in [0, 0.1) is 6.92 Å². The molecule has 3 N–H and O–H groups in total. The number of hydrogen-bond donors (Lipinski definition) is 3. The van der Waals surface area contributed by atoms with Crippen LogP contribution in [0.25, 0.3) is 10.9 Å². The van der Waals surface area contributed by atoms with Crippen molar-refractivity contribution < 1.29 is 13.5 Å². The average molecular weight is 358 g/mol. The number of sulfonamides is 1. The molecule has 3 rings (SSSR count). The highest BCUT2D eigenvalue weighted by Gasteiger charge is 2.19. The van der Waals surface area contributed by atoms with E-state index in [2.05, 4.69) is 34.0 Å². The summed E-state index contributed by atoms with van der Waals surface area (Å²) in [6, 6.07) is 13.8. The molecule has 0 saturated carbocycles. The molecule has 25 heavy (non-hydrogen) atoms. The summed E-state index contributed by atoms with van der Waals surface area (Å²) in [6.07, 6.45) is 3.63. The number of aryl methyl sites for hydroxylation is 1. The van der Waals surface area contributed by atoms with E-state index >= 15 is 0 Å². The SMILES string of the molecule is Cc1ccc(C(CCO)c2c[nH]c3c(NS(C)(=O)=O)cccc23)cc1. The third-order valence-corrected chi connectivity index (χ3v) is 4.91. The van der Waals surface area contributed by atoms with E-state index in [1.807, 2.05) is 25.3 Å². The molecule has 0 bridgehead atoms. The van der Waals surface area contributed by atoms with Crippen molar-refractivity contribution in [1.82, 2.24) is 4.98 Å². The number of H-pyrrole nitrogens is 1. The number of aliphatic hydroxyl groups excluding tert-OH is 1. The van der Waals surface area contributed by atoms with Gasteiger partial charge in [0.15, 0.2) is 0 Å². The molecule has 0 aliphatic heterocycles. The van der Waals surface area contributed by atoms with Gasteiger partial charge in [-0.1, -0.05) is 42.0 Å². The van der Waals surface area contributed by atoms with Crippen LogP contribution in [0.4, 0.5) is 5.69 Å². The summed E-state index contributed by atoms with van der Waals surface area (Å²) in [5, 5.41) is 10.5. The Kier molecular flexibility index (Phi) is 4.83. The number of nitrogens with one attached hydrogen (secondary N) is 2. The molecule has 1 atom stereocenters. The smallest absolute Gasteiger partial charge is 0.229 e. The second-order valence-electron chi connectivity index (χ2n) is 6.32. The highest BCUT2D eigenvalue weighted by Crippen LogP contribution is 2.35. The molecular formula is C19H22N2O3S. The molecular weight excluding hydrogens is 336 g/mol. The van der Waals surface area contributed by atoms with Crippen LogP contribution in [0.2, 0.25) is 0 Å². The van der Waals surface area contributed by atoms with E-state index < -0.39 is 10.0 Å². The van der Waals surface area contributed by atoms with E-state index in [-0.39, 0.29) is 12.5 Å². The third kappa shape index (κ3) is 3.86. The number of aromatic amines is 1. The Morgan fingerprint density at radius 2 is 1.88 bits per heavy atom. The molecule has 0 saturated heterocycles. The highest BCUT2D eigenvalue weighted by molar-refractivity contribution is 7.92. The zero-order valence-corrected chi connectivity index (χ0v) is 15.1. The second kappa shape index (κ2) is 6.90. The van der Waals surface area contributed by atoms with Gasteiger partial charge < -0.3 is 10.1 Å². The van der Waals surface area contributed by atoms with E-state index in [9.17, 15) is 13.5 Å². The lowest BCUT2D eigenvalue weighted by Gasteiger charge is -2.16. The van der Waals surface area contributed by atoms with Crippen molar-refractivity contribution in [1.29, 1.82) is 0 Å². The third-order valence-electron chi connectivity index (χ3n) is 4.32. The minimum Gasteiger partial charge on any atom is -0.396 e. The average Bonchev–Trinajstić information content (AvgIpc) is 2.97. The minimum absolute atomic E-state index is 0.0350. The molecule has 0 aliphatic rings. The van der Waals surface area contributed by atoms with Gasteiger partial charge in [0.1, 0.15) is 0 Å². The Hall–Kier alpha value is -2.31. The van der Waals surface area contributed by atoms with Gasteiger partial charge in [-0.15, -0.1) is 0 Å². The normalized spacial score (nSPS) is 13.1. The summed E-state index contributed by atoms with van der Waals surface area (Å²) in [5.74, 6) is 0.0350. The standard InChI is InChI=1S/C19H22N2O3S/c1-13-6-8-14(9-7-13)15(10-11-22)17-12-20-19-16(17)4-3-5-18(19)21-25(2,23)24/h3-9,12,15,20-22H,10-11H2,1-2H3. The van der Waals surface area contributed by atoms with Crippen LogP contribution in [-0.2, 0) is 10.0 Å². The van der Waals surface area contributed by atoms with Gasteiger partial charge in [-0.3, -0.25) is 4.72 Å². The fourth-order valence-corrected chi connectivity index (χ4v) is 3.75. The molecule has 5 nitrogen and oxygen atoms in total. The van der Waals surface area contributed by atoms with Crippen molar-refractivity contribution in [2.24, 2.45) is 0 Å². The fourth-order valence-electron chi connectivity index (χ4n) is 3.18. The summed E-state index contributed by atoms with van der Waals surface area (Å²) in [5.41, 5.74) is 4.63. The summed E-state index contributed by atoms with van der Waals surface area (Å²) in [7, 11) is -3.36. The number of para-hydroxylation sites is 1. The molecule has 1 heterocycles. The van der Waals surface area contributed by atoms with E-state index in [4.69, 9.17) is 0 Å². The molecule has 1 unspecified atom stereocenters. The van der Waals surface area contributed by atoms with Crippen molar-refractivity contribution in [2.45, 2.75) is 19.3 Å². The largest absolute Gasteiger partial charge is 0.396 e. The zero-order chi connectivity index (χ0) is 18.0. The molecule has 0 amide bonds. The molecule has 3 aromatic rings. The van der Waals surface area contributed by atoms with Gasteiger partial charge >= 0.3 is 0 Å². The maximum Gasteiger partial charge on any atom is 0.229 e. The minimum atomic E-state index is -3.36. The van der Waals surface area contributed by atoms with Gasteiger partial charge in [0.05, 0.1) is 17.5 Å². The first kappa shape index (κ1) is 17.5. The first-order valence-electron chi connectivity index (χ1n) is 8.14. The van der Waals surface area contributed by atoms with Gasteiger partial charge in [0.25, 0.3) is 0 Å². The number of rotatable bonds is 6. The molecule has 6 heteroatoms. The predicted molar refractivity (Wildman–Crippen MR) is 101 cm³/mol. The Balaban J connectivity index is 2.10. The van der Waals surface area contributed by atoms with Crippen molar-refractivity contribution in [2.75, 3.05) is 17.6 Å². The van der Waals surface area contributed by atoms with Gasteiger partial charge in [-0.05, 0) is 30.5 Å². The number of benzene rings is 2. The zero-order valence-electron chi connectivity index (χ0n) is 14.3. The maximum absolute atomic E-state index is 11.6. The van der Waals surface area contributed by atoms with Crippen molar-refractivity contribution in [3.05, 3.63) is 65.4 Å². The molecule has 0 radical (unpaired) electrons. The Labute approximate surface area is 147 Å². The predicted octanol–water partition coefficient (Wildman–Crippen LogP) is 3.36. The van der Waals surface area contributed by atoms with Crippen molar-refractivity contribution in [3.8, 4) is 0 Å². The van der Waals surface area contributed by atoms with Crippen LogP contribution in [0.1, 0.15) is 29.0 Å². The van der Waals surface area contributed by atoms with Crippen LogP contribution in [0.5, 0.6) is 0 Å². The molecule has 0 aliphatic carbocycles. The summed E-state index contributed by atoms with van der Waals surface area (Å²) >= 11 is 0. The number of fused-ring (bicyclic) bond motifs is 1. The summed E-state index contributed by atoms with van der Waals surface area (Å²) < 4.78 is 25.7. The van der Waals surface area contributed by atoms with E-state index in [1.165, 1.54) is 5.56 Å². The van der Waals surface area contributed by atoms with Gasteiger partial charge in [0.2, 0.25) is 10.0 Å². The van der Waals surface area contributed by atoms with Crippen molar-refractivity contribution >= 4 is 26.6 Å². The topological polar surface area (TPSA) is 82.2 Å². The van der Waals surface area contributed by atoms with Gasteiger partial charge in [0, 0.05) is 24.1 Å². The van der Waals surface area contributed by atoms with E-state index in [1.54, 1.807) is 6.07 Å². The van der Waals surface area contributed by atoms with E-state index in [0.717, 1.165) is 28.3 Å². The quantitative estimate of drug-likeness (QED) is 0.632.